The summed E-state index contributed by atoms with van der Waals surface area (Å²) < 4.78 is 64.8. The molecule has 2 N–H and O–H groups in total. The molecule has 26 heavy (non-hydrogen) atoms. The smallest absolute Gasteiger partial charge is 0.355 e. The molecule has 0 spiro atoms. The van der Waals surface area contributed by atoms with Gasteiger partial charge in [-0.3, -0.25) is 4.79 Å². The van der Waals surface area contributed by atoms with Gasteiger partial charge in [-0.05, 0) is 38.1 Å². The molecule has 0 unspecified atom stereocenters. The van der Waals surface area contributed by atoms with Gasteiger partial charge in [0.05, 0.1) is 10.5 Å². The molecule has 0 aromatic heterocycles. The first kappa shape index (κ1) is 20.7. The van der Waals surface area contributed by atoms with Crippen LogP contribution in [-0.4, -0.2) is 51.9 Å². The van der Waals surface area contributed by atoms with Crippen LogP contribution in [0.4, 0.5) is 13.2 Å². The average Bonchev–Trinajstić information content (AvgIpc) is 2.61. The molecule has 1 aromatic carbocycles. The van der Waals surface area contributed by atoms with Crippen molar-refractivity contribution in [3.8, 4) is 0 Å². The Morgan fingerprint density at radius 1 is 1.23 bits per heavy atom. The van der Waals surface area contributed by atoms with Crippen molar-refractivity contribution in [3.63, 3.8) is 0 Å². The number of sulfonamides is 1. The van der Waals surface area contributed by atoms with Gasteiger partial charge in [-0.15, -0.1) is 0 Å². The number of benzene rings is 1. The molecule has 1 aliphatic rings. The van der Waals surface area contributed by atoms with Crippen LogP contribution < -0.4 is 10.6 Å². The molecular formula is C16H22F3N3O3S. The van der Waals surface area contributed by atoms with Crippen molar-refractivity contribution in [1.82, 2.24) is 14.9 Å². The van der Waals surface area contributed by atoms with Crippen LogP contribution in [0.1, 0.15) is 18.4 Å². The van der Waals surface area contributed by atoms with Gasteiger partial charge in [0.1, 0.15) is 0 Å². The Morgan fingerprint density at radius 3 is 2.46 bits per heavy atom. The van der Waals surface area contributed by atoms with Crippen molar-refractivity contribution in [2.45, 2.75) is 23.9 Å². The second kappa shape index (κ2) is 8.36. The van der Waals surface area contributed by atoms with E-state index < -0.39 is 21.8 Å². The van der Waals surface area contributed by atoms with Crippen LogP contribution >= 0.6 is 0 Å². The topological polar surface area (TPSA) is 78.5 Å². The predicted octanol–water partition coefficient (Wildman–Crippen LogP) is 1.44. The van der Waals surface area contributed by atoms with Gasteiger partial charge < -0.3 is 10.6 Å². The number of carbonyl (C=O) groups is 1. The molecule has 10 heteroatoms. The Labute approximate surface area is 150 Å². The highest BCUT2D eigenvalue weighted by atomic mass is 32.2. The quantitative estimate of drug-likeness (QED) is 0.717. The van der Waals surface area contributed by atoms with Gasteiger partial charge in [0, 0.05) is 32.1 Å². The minimum atomic E-state index is -4.61. The molecule has 0 saturated carbocycles. The third kappa shape index (κ3) is 4.95. The number of nitrogens with zero attached hydrogens (tertiary/aromatic N) is 1. The fourth-order valence-electron chi connectivity index (χ4n) is 2.80. The van der Waals surface area contributed by atoms with Crippen LogP contribution in [-0.2, 0) is 21.0 Å². The van der Waals surface area contributed by atoms with E-state index in [0.29, 0.717) is 32.0 Å². The molecule has 6 nitrogen and oxygen atoms in total. The number of nitrogens with one attached hydrogen (secondary N) is 2. The summed E-state index contributed by atoms with van der Waals surface area (Å²) in [6.07, 6.45) is -3.93. The van der Waals surface area contributed by atoms with E-state index >= 15 is 0 Å². The van der Waals surface area contributed by atoms with Gasteiger partial charge in [0.25, 0.3) is 0 Å². The fourth-order valence-corrected chi connectivity index (χ4v) is 4.31. The summed E-state index contributed by atoms with van der Waals surface area (Å²) in [5, 5.41) is 5.67. The first-order valence-electron chi connectivity index (χ1n) is 8.26. The number of alkyl halides is 3. The number of piperidine rings is 1. The highest BCUT2D eigenvalue weighted by Crippen LogP contribution is 2.32. The lowest BCUT2D eigenvalue weighted by atomic mass is 9.97. The SMILES string of the molecule is CNCCNC(=O)C1CCN(S(=O)(=O)c2cccc(C(F)(F)F)c2)CC1. The van der Waals surface area contributed by atoms with E-state index in [1.54, 1.807) is 7.05 Å². The van der Waals surface area contributed by atoms with Crippen LogP contribution in [0.25, 0.3) is 0 Å². The Morgan fingerprint density at radius 2 is 1.88 bits per heavy atom. The van der Waals surface area contributed by atoms with E-state index in [2.05, 4.69) is 10.6 Å². The van der Waals surface area contributed by atoms with E-state index in [0.717, 1.165) is 22.5 Å². The second-order valence-corrected chi connectivity index (χ2v) is 8.04. The number of halogens is 3. The molecule has 1 fully saturated rings. The van der Waals surface area contributed by atoms with E-state index in [1.807, 2.05) is 0 Å². The molecule has 1 heterocycles. The summed E-state index contributed by atoms with van der Waals surface area (Å²) in [7, 11) is -2.26. The fraction of sp³-hybridized carbons (Fsp3) is 0.562. The Hall–Kier alpha value is -1.65. The van der Waals surface area contributed by atoms with Gasteiger partial charge in [0.2, 0.25) is 15.9 Å². The molecule has 0 atom stereocenters. The lowest BCUT2D eigenvalue weighted by molar-refractivity contribution is -0.137. The second-order valence-electron chi connectivity index (χ2n) is 6.10. The maximum atomic E-state index is 12.8. The normalized spacial score (nSPS) is 17.2. The highest BCUT2D eigenvalue weighted by Gasteiger charge is 2.35. The zero-order valence-electron chi connectivity index (χ0n) is 14.3. The predicted molar refractivity (Wildman–Crippen MR) is 89.9 cm³/mol. The summed E-state index contributed by atoms with van der Waals surface area (Å²) in [5.74, 6) is -0.420. The van der Waals surface area contributed by atoms with E-state index in [9.17, 15) is 26.4 Å². The molecule has 0 bridgehead atoms. The van der Waals surface area contributed by atoms with Gasteiger partial charge in [-0.1, -0.05) is 6.07 Å². The molecule has 1 aliphatic heterocycles. The summed E-state index contributed by atoms with van der Waals surface area (Å²) in [6, 6.07) is 3.71. The molecule has 2 rings (SSSR count). The Bertz CT molecular complexity index is 730. The van der Waals surface area contributed by atoms with Crippen LogP contribution in [0.15, 0.2) is 29.2 Å². The summed E-state index contributed by atoms with van der Waals surface area (Å²) >= 11 is 0. The molecule has 0 aliphatic carbocycles. The number of rotatable bonds is 6. The first-order chi connectivity index (χ1) is 12.2. The van der Waals surface area contributed by atoms with Crippen LogP contribution in [0.5, 0.6) is 0 Å². The minimum Gasteiger partial charge on any atom is -0.355 e. The molecule has 1 saturated heterocycles. The van der Waals surface area contributed by atoms with E-state index in [-0.39, 0.29) is 29.8 Å². The number of likely N-dealkylation sites (N-methyl/N-ethyl adjacent to an activating group) is 1. The maximum absolute atomic E-state index is 12.8. The standard InChI is InChI=1S/C16H22F3N3O3S/c1-20-7-8-21-15(23)12-5-9-22(10-6-12)26(24,25)14-4-2-3-13(11-14)16(17,18)19/h2-4,11-12,20H,5-10H2,1H3,(H,21,23). The zero-order valence-corrected chi connectivity index (χ0v) is 15.2. The number of hydrogen-bond donors (Lipinski definition) is 2. The molecule has 1 aromatic rings. The number of carbonyl (C=O) groups excluding carboxylic acids is 1. The summed E-state index contributed by atoms with van der Waals surface area (Å²) in [4.78, 5) is 11.6. The largest absolute Gasteiger partial charge is 0.416 e. The summed E-state index contributed by atoms with van der Waals surface area (Å²) in [5.41, 5.74) is -1.00. The number of hydrogen-bond acceptors (Lipinski definition) is 4. The Kier molecular flexibility index (Phi) is 6.64. The van der Waals surface area contributed by atoms with Crippen LogP contribution in [0, 0.1) is 5.92 Å². The van der Waals surface area contributed by atoms with Crippen LogP contribution in [0.3, 0.4) is 0 Å². The molecule has 146 valence electrons. The average molecular weight is 393 g/mol. The number of amides is 1. The van der Waals surface area contributed by atoms with Crippen molar-refractivity contribution >= 4 is 15.9 Å². The summed E-state index contributed by atoms with van der Waals surface area (Å²) in [6.45, 7) is 1.32. The third-order valence-corrected chi connectivity index (χ3v) is 6.19. The lowest BCUT2D eigenvalue weighted by Crippen LogP contribution is -2.43. The molecule has 1 amide bonds. The van der Waals surface area contributed by atoms with Crippen LogP contribution in [0.2, 0.25) is 0 Å². The highest BCUT2D eigenvalue weighted by molar-refractivity contribution is 7.89. The zero-order chi connectivity index (χ0) is 19.4. The van der Waals surface area contributed by atoms with Crippen molar-refractivity contribution in [1.29, 1.82) is 0 Å². The Balaban J connectivity index is 2.03. The van der Waals surface area contributed by atoms with E-state index in [1.165, 1.54) is 0 Å². The molecular weight excluding hydrogens is 371 g/mol. The monoisotopic (exact) mass is 393 g/mol. The molecule has 0 radical (unpaired) electrons. The van der Waals surface area contributed by atoms with Crippen molar-refractivity contribution < 1.29 is 26.4 Å². The van der Waals surface area contributed by atoms with Gasteiger partial charge in [-0.25, -0.2) is 8.42 Å². The van der Waals surface area contributed by atoms with Gasteiger partial charge in [0.15, 0.2) is 0 Å². The van der Waals surface area contributed by atoms with Crippen molar-refractivity contribution in [2.75, 3.05) is 33.2 Å². The van der Waals surface area contributed by atoms with E-state index in [4.69, 9.17) is 0 Å². The van der Waals surface area contributed by atoms with Crippen molar-refractivity contribution in [3.05, 3.63) is 29.8 Å². The third-order valence-electron chi connectivity index (χ3n) is 4.30. The lowest BCUT2D eigenvalue weighted by Gasteiger charge is -2.30. The van der Waals surface area contributed by atoms with Gasteiger partial charge >= 0.3 is 6.18 Å². The van der Waals surface area contributed by atoms with Gasteiger partial charge in [-0.2, -0.15) is 17.5 Å². The minimum absolute atomic E-state index is 0.0999. The first-order valence-corrected chi connectivity index (χ1v) is 9.70. The maximum Gasteiger partial charge on any atom is 0.416 e. The van der Waals surface area contributed by atoms with Crippen molar-refractivity contribution in [2.24, 2.45) is 5.92 Å².